The molecule has 0 radical (unpaired) electrons. The van der Waals surface area contributed by atoms with Crippen molar-refractivity contribution in [3.8, 4) is 22.6 Å². The predicted molar refractivity (Wildman–Crippen MR) is 72.6 cm³/mol. The van der Waals surface area contributed by atoms with Crippen LogP contribution in [0.4, 0.5) is 5.95 Å². The maximum Gasteiger partial charge on any atom is 0.222 e. The second-order valence-electron chi connectivity index (χ2n) is 4.18. The van der Waals surface area contributed by atoms with Gasteiger partial charge in [0.1, 0.15) is 13.2 Å². The van der Waals surface area contributed by atoms with E-state index in [1.165, 1.54) is 0 Å². The predicted octanol–water partition coefficient (Wildman–Crippen LogP) is 2.35. The first-order valence-corrected chi connectivity index (χ1v) is 6.33. The molecular formula is C14H15N3O2. The molecule has 0 fully saturated rings. The van der Waals surface area contributed by atoms with Gasteiger partial charge in [-0.25, -0.2) is 9.97 Å². The number of nitrogens with zero attached hydrogens (tertiary/aromatic N) is 2. The normalized spacial score (nSPS) is 13.1. The van der Waals surface area contributed by atoms with E-state index in [4.69, 9.17) is 9.47 Å². The van der Waals surface area contributed by atoms with Crippen molar-refractivity contribution < 1.29 is 9.47 Å². The Morgan fingerprint density at radius 2 is 1.79 bits per heavy atom. The van der Waals surface area contributed by atoms with Gasteiger partial charge in [-0.1, -0.05) is 6.07 Å². The van der Waals surface area contributed by atoms with E-state index in [-0.39, 0.29) is 0 Å². The highest BCUT2D eigenvalue weighted by atomic mass is 16.6. The van der Waals surface area contributed by atoms with Gasteiger partial charge >= 0.3 is 0 Å². The third kappa shape index (κ3) is 2.45. The van der Waals surface area contributed by atoms with Crippen LogP contribution in [0.15, 0.2) is 30.6 Å². The molecule has 3 rings (SSSR count). The number of hydrogen-bond acceptors (Lipinski definition) is 5. The van der Waals surface area contributed by atoms with Crippen LogP contribution in [0, 0.1) is 0 Å². The summed E-state index contributed by atoms with van der Waals surface area (Å²) >= 11 is 0. The number of benzene rings is 1. The fourth-order valence-electron chi connectivity index (χ4n) is 1.95. The lowest BCUT2D eigenvalue weighted by Crippen LogP contribution is -2.15. The average Bonchev–Trinajstić information content (AvgIpc) is 2.48. The molecule has 5 heteroatoms. The number of hydrogen-bond donors (Lipinski definition) is 1. The highest BCUT2D eigenvalue weighted by Gasteiger charge is 2.12. The van der Waals surface area contributed by atoms with Gasteiger partial charge in [0.05, 0.1) is 0 Å². The molecule has 0 saturated carbocycles. The van der Waals surface area contributed by atoms with Gasteiger partial charge in [-0.15, -0.1) is 0 Å². The number of rotatable bonds is 3. The first kappa shape index (κ1) is 11.8. The van der Waals surface area contributed by atoms with Crippen LogP contribution in [0.25, 0.3) is 11.1 Å². The molecule has 1 aliphatic rings. The summed E-state index contributed by atoms with van der Waals surface area (Å²) in [7, 11) is 0. The number of ether oxygens (including phenoxy) is 2. The zero-order chi connectivity index (χ0) is 13.1. The first-order valence-electron chi connectivity index (χ1n) is 6.33. The highest BCUT2D eigenvalue weighted by Crippen LogP contribution is 2.34. The van der Waals surface area contributed by atoms with Crippen molar-refractivity contribution >= 4 is 5.95 Å². The van der Waals surface area contributed by atoms with Gasteiger partial charge in [-0.3, -0.25) is 0 Å². The fraction of sp³-hybridized carbons (Fsp3) is 0.286. The average molecular weight is 257 g/mol. The molecule has 0 aliphatic carbocycles. The molecule has 1 aromatic carbocycles. The molecule has 1 aromatic heterocycles. The molecule has 0 unspecified atom stereocenters. The van der Waals surface area contributed by atoms with Crippen LogP contribution in [-0.2, 0) is 0 Å². The summed E-state index contributed by atoms with van der Waals surface area (Å²) in [6, 6.07) is 5.86. The van der Waals surface area contributed by atoms with Gasteiger partial charge in [0.2, 0.25) is 5.95 Å². The minimum absolute atomic E-state index is 0.590. The Labute approximate surface area is 111 Å². The Bertz CT molecular complexity index is 569. The smallest absolute Gasteiger partial charge is 0.222 e. The fourth-order valence-corrected chi connectivity index (χ4v) is 1.95. The molecule has 2 heterocycles. The summed E-state index contributed by atoms with van der Waals surface area (Å²) in [6.45, 7) is 4.01. The lowest BCUT2D eigenvalue weighted by Gasteiger charge is -2.18. The van der Waals surface area contributed by atoms with Crippen molar-refractivity contribution in [3.05, 3.63) is 30.6 Å². The van der Waals surface area contributed by atoms with Crippen LogP contribution < -0.4 is 14.8 Å². The highest BCUT2D eigenvalue weighted by molar-refractivity contribution is 5.66. The van der Waals surface area contributed by atoms with Gasteiger partial charge in [0, 0.05) is 24.5 Å². The second-order valence-corrected chi connectivity index (χ2v) is 4.18. The first-order chi connectivity index (χ1) is 9.36. The van der Waals surface area contributed by atoms with Crippen LogP contribution >= 0.6 is 0 Å². The van der Waals surface area contributed by atoms with Crippen LogP contribution in [0.2, 0.25) is 0 Å². The van der Waals surface area contributed by atoms with Crippen molar-refractivity contribution in [2.75, 3.05) is 25.1 Å². The Morgan fingerprint density at radius 3 is 2.53 bits per heavy atom. The van der Waals surface area contributed by atoms with E-state index in [1.54, 1.807) is 12.4 Å². The van der Waals surface area contributed by atoms with Gasteiger partial charge in [-0.2, -0.15) is 0 Å². The molecule has 0 atom stereocenters. The molecule has 0 bridgehead atoms. The largest absolute Gasteiger partial charge is 0.486 e. The van der Waals surface area contributed by atoms with E-state index in [0.29, 0.717) is 19.2 Å². The lowest BCUT2D eigenvalue weighted by atomic mass is 10.1. The molecule has 98 valence electrons. The van der Waals surface area contributed by atoms with E-state index in [0.717, 1.165) is 29.2 Å². The van der Waals surface area contributed by atoms with Crippen molar-refractivity contribution in [1.29, 1.82) is 0 Å². The molecule has 0 spiro atoms. The van der Waals surface area contributed by atoms with E-state index in [1.807, 2.05) is 25.1 Å². The summed E-state index contributed by atoms with van der Waals surface area (Å²) in [6.07, 6.45) is 3.60. The van der Waals surface area contributed by atoms with Crippen LogP contribution in [0.5, 0.6) is 11.5 Å². The van der Waals surface area contributed by atoms with E-state index in [2.05, 4.69) is 15.3 Å². The standard InChI is InChI=1S/C14H15N3O2/c1-2-15-14-16-8-11(9-17-14)10-3-4-12-13(7-10)19-6-5-18-12/h3-4,7-9H,2,5-6H2,1H3,(H,15,16,17). The third-order valence-corrected chi connectivity index (χ3v) is 2.86. The Hall–Kier alpha value is -2.30. The molecule has 0 amide bonds. The second kappa shape index (κ2) is 5.14. The number of fused-ring (bicyclic) bond motifs is 1. The van der Waals surface area contributed by atoms with Crippen LogP contribution in [-0.4, -0.2) is 29.7 Å². The van der Waals surface area contributed by atoms with Crippen molar-refractivity contribution in [3.63, 3.8) is 0 Å². The summed E-state index contributed by atoms with van der Waals surface area (Å²) in [5.74, 6) is 2.21. The van der Waals surface area contributed by atoms with E-state index < -0.39 is 0 Å². The summed E-state index contributed by atoms with van der Waals surface area (Å²) in [5, 5.41) is 3.07. The van der Waals surface area contributed by atoms with Crippen molar-refractivity contribution in [1.82, 2.24) is 9.97 Å². The quantitative estimate of drug-likeness (QED) is 0.914. The van der Waals surface area contributed by atoms with Gasteiger partial charge in [0.25, 0.3) is 0 Å². The summed E-state index contributed by atoms with van der Waals surface area (Å²) in [4.78, 5) is 8.53. The summed E-state index contributed by atoms with van der Waals surface area (Å²) < 4.78 is 11.1. The van der Waals surface area contributed by atoms with Crippen molar-refractivity contribution in [2.24, 2.45) is 0 Å². The molecule has 19 heavy (non-hydrogen) atoms. The van der Waals surface area contributed by atoms with Crippen LogP contribution in [0.3, 0.4) is 0 Å². The third-order valence-electron chi connectivity index (χ3n) is 2.86. The summed E-state index contributed by atoms with van der Waals surface area (Å²) in [5.41, 5.74) is 1.98. The molecule has 0 saturated heterocycles. The molecular weight excluding hydrogens is 242 g/mol. The molecule has 1 aliphatic heterocycles. The Kier molecular flexibility index (Phi) is 3.18. The van der Waals surface area contributed by atoms with Crippen molar-refractivity contribution in [2.45, 2.75) is 6.92 Å². The lowest BCUT2D eigenvalue weighted by molar-refractivity contribution is 0.171. The molecule has 2 aromatic rings. The van der Waals surface area contributed by atoms with Crippen LogP contribution in [0.1, 0.15) is 6.92 Å². The van der Waals surface area contributed by atoms with Gasteiger partial charge in [0.15, 0.2) is 11.5 Å². The SMILES string of the molecule is CCNc1ncc(-c2ccc3c(c2)OCCO3)cn1. The minimum atomic E-state index is 0.590. The number of aromatic nitrogens is 2. The monoisotopic (exact) mass is 257 g/mol. The number of anilines is 1. The number of nitrogens with one attached hydrogen (secondary N) is 1. The maximum atomic E-state index is 5.57. The minimum Gasteiger partial charge on any atom is -0.486 e. The van der Waals surface area contributed by atoms with Gasteiger partial charge in [-0.05, 0) is 24.6 Å². The van der Waals surface area contributed by atoms with E-state index in [9.17, 15) is 0 Å². The topological polar surface area (TPSA) is 56.3 Å². The van der Waals surface area contributed by atoms with Gasteiger partial charge < -0.3 is 14.8 Å². The maximum absolute atomic E-state index is 5.57. The molecule has 5 nitrogen and oxygen atoms in total. The Balaban J connectivity index is 1.89. The Morgan fingerprint density at radius 1 is 1.05 bits per heavy atom. The van der Waals surface area contributed by atoms with E-state index >= 15 is 0 Å². The zero-order valence-corrected chi connectivity index (χ0v) is 10.7. The zero-order valence-electron chi connectivity index (χ0n) is 10.7. The molecule has 1 N–H and O–H groups in total.